The highest BCUT2D eigenvalue weighted by Crippen LogP contribution is 2.28. The van der Waals surface area contributed by atoms with Gasteiger partial charge in [-0.1, -0.05) is 23.7 Å². The Hall–Kier alpha value is -2.80. The minimum atomic E-state index is -0.445. The predicted octanol–water partition coefficient (Wildman–Crippen LogP) is 3.41. The van der Waals surface area contributed by atoms with Crippen LogP contribution in [0.5, 0.6) is 5.75 Å². The lowest BCUT2D eigenvalue weighted by Gasteiger charge is -2.35. The molecule has 1 aliphatic rings. The van der Waals surface area contributed by atoms with E-state index in [9.17, 15) is 10.1 Å². The van der Waals surface area contributed by atoms with Crippen LogP contribution in [-0.4, -0.2) is 49.4 Å². The maximum Gasteiger partial charge on any atom is 0.270 e. The zero-order chi connectivity index (χ0) is 18.5. The molecule has 7 nitrogen and oxygen atoms in total. The normalized spacial score (nSPS) is 14.7. The molecule has 0 amide bonds. The highest BCUT2D eigenvalue weighted by Gasteiger charge is 2.18. The number of nitrogens with zero attached hydrogens (tertiary/aromatic N) is 4. The van der Waals surface area contributed by atoms with Crippen molar-refractivity contribution in [1.29, 1.82) is 0 Å². The fraction of sp³-hybridized carbons (Fsp3) is 0.278. The maximum atomic E-state index is 10.9. The van der Waals surface area contributed by atoms with E-state index in [1.807, 2.05) is 29.3 Å². The highest BCUT2D eigenvalue weighted by molar-refractivity contribution is 6.33. The third kappa shape index (κ3) is 4.05. The van der Waals surface area contributed by atoms with Crippen LogP contribution in [0.3, 0.4) is 0 Å². The van der Waals surface area contributed by atoms with E-state index in [0.717, 1.165) is 37.6 Å². The summed E-state index contributed by atoms with van der Waals surface area (Å²) in [6.07, 6.45) is 1.58. The average Bonchev–Trinajstić information content (AvgIpc) is 2.67. The van der Waals surface area contributed by atoms with Crippen LogP contribution in [0, 0.1) is 10.1 Å². The standard InChI is InChI=1S/C18H19ClN4O3/c1-26-18-5-3-2-4-17(18)21-8-10-22(11-9-21)20-13-14-12-15(23(24)25)6-7-16(14)19/h2-7,12-13H,8-11H2,1H3/b20-13-. The van der Waals surface area contributed by atoms with Crippen LogP contribution in [-0.2, 0) is 0 Å². The first kappa shape index (κ1) is 18.0. The lowest BCUT2D eigenvalue weighted by molar-refractivity contribution is -0.384. The van der Waals surface area contributed by atoms with Gasteiger partial charge in [-0.15, -0.1) is 0 Å². The smallest absolute Gasteiger partial charge is 0.270 e. The van der Waals surface area contributed by atoms with Gasteiger partial charge >= 0.3 is 0 Å². The van der Waals surface area contributed by atoms with Crippen molar-refractivity contribution in [2.75, 3.05) is 38.2 Å². The Kier molecular flexibility index (Phi) is 5.58. The Labute approximate surface area is 156 Å². The number of anilines is 1. The van der Waals surface area contributed by atoms with Gasteiger partial charge in [-0.25, -0.2) is 0 Å². The minimum absolute atomic E-state index is 0.00292. The third-order valence-electron chi connectivity index (χ3n) is 4.23. The van der Waals surface area contributed by atoms with E-state index in [2.05, 4.69) is 10.0 Å². The van der Waals surface area contributed by atoms with Crippen molar-refractivity contribution in [1.82, 2.24) is 5.01 Å². The molecule has 1 aliphatic heterocycles. The number of hydrazone groups is 1. The van der Waals surface area contributed by atoms with Gasteiger partial charge in [0.1, 0.15) is 5.75 Å². The Morgan fingerprint density at radius 3 is 2.62 bits per heavy atom. The third-order valence-corrected chi connectivity index (χ3v) is 4.58. The second-order valence-electron chi connectivity index (χ2n) is 5.82. The molecule has 0 saturated carbocycles. The summed E-state index contributed by atoms with van der Waals surface area (Å²) in [5, 5.41) is 17.7. The number of hydrogen-bond donors (Lipinski definition) is 0. The molecule has 0 bridgehead atoms. The van der Waals surface area contributed by atoms with Crippen LogP contribution in [0.1, 0.15) is 5.56 Å². The lowest BCUT2D eigenvalue weighted by Crippen LogP contribution is -2.44. The fourth-order valence-corrected chi connectivity index (χ4v) is 3.00. The molecule has 0 radical (unpaired) electrons. The second-order valence-corrected chi connectivity index (χ2v) is 6.23. The highest BCUT2D eigenvalue weighted by atomic mass is 35.5. The molecule has 2 aromatic rings. The molecule has 2 aromatic carbocycles. The molecule has 0 aromatic heterocycles. The number of halogens is 1. The summed E-state index contributed by atoms with van der Waals surface area (Å²) < 4.78 is 5.42. The van der Waals surface area contributed by atoms with Crippen LogP contribution in [0.25, 0.3) is 0 Å². The minimum Gasteiger partial charge on any atom is -0.495 e. The summed E-state index contributed by atoms with van der Waals surface area (Å²) >= 11 is 6.10. The van der Waals surface area contributed by atoms with Gasteiger partial charge in [0, 0.05) is 35.8 Å². The Morgan fingerprint density at radius 2 is 1.92 bits per heavy atom. The SMILES string of the molecule is COc1ccccc1N1CCN(/N=C\c2cc([N+](=O)[O-])ccc2Cl)CC1. The molecule has 8 heteroatoms. The summed E-state index contributed by atoms with van der Waals surface area (Å²) in [6.45, 7) is 3.09. The van der Waals surface area contributed by atoms with Crippen LogP contribution in [0.4, 0.5) is 11.4 Å². The summed E-state index contributed by atoms with van der Waals surface area (Å²) in [4.78, 5) is 12.7. The summed E-state index contributed by atoms with van der Waals surface area (Å²) in [5.41, 5.74) is 1.60. The quantitative estimate of drug-likeness (QED) is 0.455. The first-order valence-electron chi connectivity index (χ1n) is 8.19. The summed E-state index contributed by atoms with van der Waals surface area (Å²) in [7, 11) is 1.67. The van der Waals surface area contributed by atoms with Gasteiger partial charge in [-0.2, -0.15) is 5.10 Å². The topological polar surface area (TPSA) is 71.2 Å². The number of methoxy groups -OCH3 is 1. The number of nitro benzene ring substituents is 1. The molecule has 0 unspecified atom stereocenters. The molecule has 0 atom stereocenters. The summed E-state index contributed by atoms with van der Waals surface area (Å²) in [6, 6.07) is 12.3. The second kappa shape index (κ2) is 8.05. The van der Waals surface area contributed by atoms with Crippen LogP contribution in [0.15, 0.2) is 47.6 Å². The van der Waals surface area contributed by atoms with E-state index in [0.29, 0.717) is 10.6 Å². The number of benzene rings is 2. The predicted molar refractivity (Wildman–Crippen MR) is 102 cm³/mol. The molecule has 26 heavy (non-hydrogen) atoms. The number of rotatable bonds is 5. The monoisotopic (exact) mass is 374 g/mol. The van der Waals surface area contributed by atoms with Crippen LogP contribution in [0.2, 0.25) is 5.02 Å². The number of hydrogen-bond acceptors (Lipinski definition) is 6. The molecule has 136 valence electrons. The lowest BCUT2D eigenvalue weighted by atomic mass is 10.2. The first-order valence-corrected chi connectivity index (χ1v) is 8.57. The molecule has 0 aliphatic carbocycles. The van der Waals surface area contributed by atoms with Crippen molar-refractivity contribution in [2.24, 2.45) is 5.10 Å². The molecule has 0 N–H and O–H groups in total. The molecule has 1 fully saturated rings. The average molecular weight is 375 g/mol. The molecule has 1 saturated heterocycles. The van der Waals surface area contributed by atoms with E-state index in [1.54, 1.807) is 13.3 Å². The Bertz CT molecular complexity index is 820. The first-order chi connectivity index (χ1) is 12.6. The van der Waals surface area contributed by atoms with Crippen molar-refractivity contribution in [3.8, 4) is 5.75 Å². The largest absolute Gasteiger partial charge is 0.495 e. The van der Waals surface area contributed by atoms with E-state index < -0.39 is 4.92 Å². The van der Waals surface area contributed by atoms with Gasteiger partial charge in [0.05, 0.1) is 37.0 Å². The molecular formula is C18H19ClN4O3. The van der Waals surface area contributed by atoms with Crippen molar-refractivity contribution < 1.29 is 9.66 Å². The van der Waals surface area contributed by atoms with Gasteiger partial charge < -0.3 is 9.64 Å². The van der Waals surface area contributed by atoms with Gasteiger partial charge in [-0.05, 0) is 18.2 Å². The molecule has 1 heterocycles. The number of para-hydroxylation sites is 2. The zero-order valence-electron chi connectivity index (χ0n) is 14.3. The van der Waals surface area contributed by atoms with E-state index in [4.69, 9.17) is 16.3 Å². The van der Waals surface area contributed by atoms with Gasteiger partial charge in [0.15, 0.2) is 0 Å². The van der Waals surface area contributed by atoms with Crippen molar-refractivity contribution >= 4 is 29.2 Å². The van der Waals surface area contributed by atoms with Crippen LogP contribution >= 0.6 is 11.6 Å². The van der Waals surface area contributed by atoms with E-state index in [-0.39, 0.29) is 5.69 Å². The van der Waals surface area contributed by atoms with Gasteiger partial charge in [-0.3, -0.25) is 15.1 Å². The van der Waals surface area contributed by atoms with Crippen LogP contribution < -0.4 is 9.64 Å². The zero-order valence-corrected chi connectivity index (χ0v) is 15.1. The maximum absolute atomic E-state index is 10.9. The number of nitro groups is 1. The van der Waals surface area contributed by atoms with E-state index >= 15 is 0 Å². The number of ether oxygens (including phenoxy) is 1. The van der Waals surface area contributed by atoms with Gasteiger partial charge in [0.25, 0.3) is 5.69 Å². The fourth-order valence-electron chi connectivity index (χ4n) is 2.83. The van der Waals surface area contributed by atoms with Crippen molar-refractivity contribution in [3.05, 3.63) is 63.2 Å². The Balaban J connectivity index is 1.65. The molecular weight excluding hydrogens is 356 g/mol. The van der Waals surface area contributed by atoms with Gasteiger partial charge in [0.2, 0.25) is 0 Å². The Morgan fingerprint density at radius 1 is 1.19 bits per heavy atom. The van der Waals surface area contributed by atoms with E-state index in [1.165, 1.54) is 18.2 Å². The number of piperazine rings is 1. The molecule has 3 rings (SSSR count). The van der Waals surface area contributed by atoms with Crippen molar-refractivity contribution in [3.63, 3.8) is 0 Å². The molecule has 0 spiro atoms. The number of non-ortho nitro benzene ring substituents is 1. The van der Waals surface area contributed by atoms with Crippen molar-refractivity contribution in [2.45, 2.75) is 0 Å². The summed E-state index contributed by atoms with van der Waals surface area (Å²) in [5.74, 6) is 0.854.